The number of benzene rings is 2. The Bertz CT molecular complexity index is 903. The van der Waals surface area contributed by atoms with E-state index in [0.717, 1.165) is 5.56 Å². The highest BCUT2D eigenvalue weighted by Gasteiger charge is 2.06. The van der Waals surface area contributed by atoms with Crippen molar-refractivity contribution >= 4 is 17.4 Å². The maximum absolute atomic E-state index is 12.1. The molecule has 3 rings (SSSR count). The number of nitrogens with one attached hydrogen (secondary N) is 1. The first-order valence-electron chi connectivity index (χ1n) is 8.74. The molecule has 1 aromatic heterocycles. The van der Waals surface area contributed by atoms with Crippen LogP contribution in [0.3, 0.4) is 0 Å². The van der Waals surface area contributed by atoms with E-state index in [1.165, 1.54) is 0 Å². The lowest BCUT2D eigenvalue weighted by atomic mass is 10.1. The molecule has 0 bridgehead atoms. The van der Waals surface area contributed by atoms with Crippen molar-refractivity contribution < 1.29 is 14.3 Å². The third kappa shape index (κ3) is 5.28. The smallest absolute Gasteiger partial charge is 0.262 e. The molecule has 1 N–H and O–H groups in total. The lowest BCUT2D eigenvalue weighted by Crippen LogP contribution is -2.20. The zero-order valence-electron chi connectivity index (χ0n) is 15.1. The highest BCUT2D eigenvalue weighted by atomic mass is 16.5. The van der Waals surface area contributed by atoms with Crippen LogP contribution in [0, 0.1) is 0 Å². The van der Waals surface area contributed by atoms with E-state index in [0.29, 0.717) is 30.0 Å². The van der Waals surface area contributed by atoms with Crippen LogP contribution in [0.5, 0.6) is 5.75 Å². The van der Waals surface area contributed by atoms with Gasteiger partial charge in [-0.15, -0.1) is 0 Å². The van der Waals surface area contributed by atoms with Gasteiger partial charge in [0.25, 0.3) is 5.91 Å². The van der Waals surface area contributed by atoms with Crippen molar-refractivity contribution in [3.8, 4) is 5.75 Å². The molecular formula is C21H21N3O3. The largest absolute Gasteiger partial charge is 0.484 e. The monoisotopic (exact) mass is 363 g/mol. The summed E-state index contributed by atoms with van der Waals surface area (Å²) in [6.45, 7) is 2.40. The Labute approximate surface area is 157 Å². The number of hydrogen-bond acceptors (Lipinski definition) is 4. The van der Waals surface area contributed by atoms with Crippen LogP contribution in [0.25, 0.3) is 0 Å². The topological polar surface area (TPSA) is 73.2 Å². The van der Waals surface area contributed by atoms with Gasteiger partial charge in [0.15, 0.2) is 12.4 Å². The average Bonchev–Trinajstić information content (AvgIpc) is 3.19. The Balaban J connectivity index is 1.52. The first-order chi connectivity index (χ1) is 13.1. The molecule has 0 spiro atoms. The van der Waals surface area contributed by atoms with Crippen LogP contribution in [0.2, 0.25) is 0 Å². The maximum Gasteiger partial charge on any atom is 0.262 e. The maximum atomic E-state index is 12.1. The molecule has 6 nitrogen and oxygen atoms in total. The fourth-order valence-electron chi connectivity index (χ4n) is 2.63. The molecule has 0 saturated heterocycles. The molecule has 1 heterocycles. The predicted octanol–water partition coefficient (Wildman–Crippen LogP) is 3.54. The number of hydrogen-bond donors (Lipinski definition) is 1. The number of rotatable bonds is 8. The number of carbonyl (C=O) groups excluding carboxylic acids is 2. The van der Waals surface area contributed by atoms with E-state index in [1.807, 2.05) is 42.0 Å². The molecule has 1 amide bonds. The molecule has 0 unspecified atom stereocenters. The van der Waals surface area contributed by atoms with Crippen LogP contribution in [-0.4, -0.2) is 27.8 Å². The number of ether oxygens (including phenoxy) is 1. The molecule has 0 aliphatic carbocycles. The molecule has 2 aromatic carbocycles. The van der Waals surface area contributed by atoms with Crippen LogP contribution in [0.15, 0.2) is 67.3 Å². The second-order valence-electron chi connectivity index (χ2n) is 6.07. The van der Waals surface area contributed by atoms with Crippen LogP contribution < -0.4 is 10.1 Å². The highest BCUT2D eigenvalue weighted by molar-refractivity contribution is 5.96. The van der Waals surface area contributed by atoms with Crippen LogP contribution >= 0.6 is 0 Å². The highest BCUT2D eigenvalue weighted by Crippen LogP contribution is 2.15. The van der Waals surface area contributed by atoms with E-state index in [4.69, 9.17) is 4.74 Å². The van der Waals surface area contributed by atoms with Crippen molar-refractivity contribution in [1.29, 1.82) is 0 Å². The molecule has 3 aromatic rings. The summed E-state index contributed by atoms with van der Waals surface area (Å²) in [7, 11) is 0. The standard InChI is InChI=1S/C21H21N3O3/c1-2-20(25)17-6-8-19(9-7-17)27-14-21(26)23-18-5-3-4-16(12-18)13-24-11-10-22-15-24/h3-12,15H,2,13-14H2,1H3,(H,23,26). The Morgan fingerprint density at radius 3 is 2.67 bits per heavy atom. The summed E-state index contributed by atoms with van der Waals surface area (Å²) >= 11 is 0. The average molecular weight is 363 g/mol. The van der Waals surface area contributed by atoms with E-state index in [1.54, 1.807) is 36.8 Å². The van der Waals surface area contributed by atoms with Crippen LogP contribution in [0.4, 0.5) is 5.69 Å². The Morgan fingerprint density at radius 2 is 1.96 bits per heavy atom. The molecule has 6 heteroatoms. The molecule has 0 atom stereocenters. The van der Waals surface area contributed by atoms with Gasteiger partial charge in [-0.3, -0.25) is 9.59 Å². The first kappa shape index (κ1) is 18.4. The number of amides is 1. The summed E-state index contributed by atoms with van der Waals surface area (Å²) in [6.07, 6.45) is 5.83. The first-order valence-corrected chi connectivity index (χ1v) is 8.74. The van der Waals surface area contributed by atoms with Gasteiger partial charge in [-0.2, -0.15) is 0 Å². The summed E-state index contributed by atoms with van der Waals surface area (Å²) in [5.74, 6) is 0.380. The van der Waals surface area contributed by atoms with Crippen molar-refractivity contribution in [3.05, 3.63) is 78.4 Å². The number of nitrogens with zero attached hydrogens (tertiary/aromatic N) is 2. The van der Waals surface area contributed by atoms with E-state index >= 15 is 0 Å². The minimum atomic E-state index is -0.247. The Morgan fingerprint density at radius 1 is 1.15 bits per heavy atom. The van der Waals surface area contributed by atoms with Crippen molar-refractivity contribution in [3.63, 3.8) is 0 Å². The molecule has 138 valence electrons. The van der Waals surface area contributed by atoms with Crippen LogP contribution in [-0.2, 0) is 11.3 Å². The lowest BCUT2D eigenvalue weighted by Gasteiger charge is -2.09. The van der Waals surface area contributed by atoms with E-state index < -0.39 is 0 Å². The van der Waals surface area contributed by atoms with Crippen molar-refractivity contribution in [2.45, 2.75) is 19.9 Å². The summed E-state index contributed by atoms with van der Waals surface area (Å²) in [4.78, 5) is 27.8. The second-order valence-corrected chi connectivity index (χ2v) is 6.07. The Hall–Kier alpha value is -3.41. The van der Waals surface area contributed by atoms with E-state index in [-0.39, 0.29) is 18.3 Å². The number of ketones is 1. The Kier molecular flexibility index (Phi) is 5.99. The molecule has 0 saturated carbocycles. The lowest BCUT2D eigenvalue weighted by molar-refractivity contribution is -0.118. The number of aromatic nitrogens is 2. The third-order valence-electron chi connectivity index (χ3n) is 4.00. The normalized spacial score (nSPS) is 10.4. The van der Waals surface area contributed by atoms with Crippen molar-refractivity contribution in [2.24, 2.45) is 0 Å². The van der Waals surface area contributed by atoms with Gasteiger partial charge >= 0.3 is 0 Å². The molecule has 0 aliphatic rings. The SMILES string of the molecule is CCC(=O)c1ccc(OCC(=O)Nc2cccc(Cn3ccnc3)c2)cc1. The molecule has 0 radical (unpaired) electrons. The summed E-state index contributed by atoms with van der Waals surface area (Å²) in [5.41, 5.74) is 2.41. The fraction of sp³-hybridized carbons (Fsp3) is 0.190. The van der Waals surface area contributed by atoms with Gasteiger partial charge in [0.2, 0.25) is 0 Å². The number of anilines is 1. The quantitative estimate of drug-likeness (QED) is 0.621. The summed E-state index contributed by atoms with van der Waals surface area (Å²) in [6, 6.07) is 14.4. The van der Waals surface area contributed by atoms with Crippen LogP contribution in [0.1, 0.15) is 29.3 Å². The minimum Gasteiger partial charge on any atom is -0.484 e. The number of imidazole rings is 1. The van der Waals surface area contributed by atoms with Gasteiger partial charge in [-0.25, -0.2) is 4.98 Å². The van der Waals surface area contributed by atoms with Gasteiger partial charge in [0, 0.05) is 36.6 Å². The molecule has 27 heavy (non-hydrogen) atoms. The van der Waals surface area contributed by atoms with Crippen molar-refractivity contribution in [2.75, 3.05) is 11.9 Å². The minimum absolute atomic E-state index is 0.0786. The number of Topliss-reactive ketones (excluding diaryl/α,β-unsaturated/α-hetero) is 1. The summed E-state index contributed by atoms with van der Waals surface area (Å²) < 4.78 is 7.44. The molecule has 0 aliphatic heterocycles. The van der Waals surface area contributed by atoms with Gasteiger partial charge in [-0.1, -0.05) is 19.1 Å². The molecule has 0 fully saturated rings. The zero-order valence-corrected chi connectivity index (χ0v) is 15.1. The van der Waals surface area contributed by atoms with Gasteiger partial charge in [0.05, 0.1) is 6.33 Å². The van der Waals surface area contributed by atoms with Gasteiger partial charge in [0.1, 0.15) is 5.75 Å². The fourth-order valence-corrected chi connectivity index (χ4v) is 2.63. The number of carbonyl (C=O) groups is 2. The third-order valence-corrected chi connectivity index (χ3v) is 4.00. The van der Waals surface area contributed by atoms with Crippen molar-refractivity contribution in [1.82, 2.24) is 9.55 Å². The van der Waals surface area contributed by atoms with Gasteiger partial charge < -0.3 is 14.6 Å². The second kappa shape index (κ2) is 8.80. The summed E-state index contributed by atoms with van der Waals surface area (Å²) in [5, 5.41) is 2.83. The van der Waals surface area contributed by atoms with E-state index in [2.05, 4.69) is 10.3 Å². The van der Waals surface area contributed by atoms with E-state index in [9.17, 15) is 9.59 Å². The molecular weight excluding hydrogens is 342 g/mol. The zero-order chi connectivity index (χ0) is 19.1. The van der Waals surface area contributed by atoms with Gasteiger partial charge in [-0.05, 0) is 42.0 Å². The predicted molar refractivity (Wildman–Crippen MR) is 103 cm³/mol.